The van der Waals surface area contributed by atoms with Gasteiger partial charge in [0.1, 0.15) is 17.2 Å². The highest BCUT2D eigenvalue weighted by molar-refractivity contribution is 7.18. The second-order valence-corrected chi connectivity index (χ2v) is 9.58. The van der Waals surface area contributed by atoms with E-state index in [0.717, 1.165) is 23.5 Å². The third kappa shape index (κ3) is 5.84. The number of rotatable bonds is 10. The summed E-state index contributed by atoms with van der Waals surface area (Å²) in [6.45, 7) is 11.9. The molecule has 3 aromatic heterocycles. The van der Waals surface area contributed by atoms with Gasteiger partial charge in [-0.2, -0.15) is 0 Å². The van der Waals surface area contributed by atoms with Gasteiger partial charge in [0, 0.05) is 10.3 Å². The number of esters is 1. The van der Waals surface area contributed by atoms with Crippen molar-refractivity contribution >= 4 is 49.9 Å². The molecule has 0 bridgehead atoms. The smallest absolute Gasteiger partial charge is 0.311 e. The lowest BCUT2D eigenvalue weighted by Gasteiger charge is -2.20. The summed E-state index contributed by atoms with van der Waals surface area (Å²) in [4.78, 5) is 50.8. The molecule has 0 radical (unpaired) electrons. The predicted molar refractivity (Wildman–Crippen MR) is 131 cm³/mol. The fraction of sp³-hybridized carbons (Fsp3) is 0.500. The first-order valence-electron chi connectivity index (χ1n) is 10.9. The Morgan fingerprint density at radius 1 is 1.18 bits per heavy atom. The normalized spacial score (nSPS) is 11.3. The molecule has 3 aromatic rings. The maximum Gasteiger partial charge on any atom is 0.311 e. The Balaban J connectivity index is 1.86. The molecule has 0 unspecified atom stereocenters. The third-order valence-electron chi connectivity index (χ3n) is 5.36. The monoisotopic (exact) mass is 491 g/mol. The van der Waals surface area contributed by atoms with Gasteiger partial charge in [-0.3, -0.25) is 23.9 Å². The van der Waals surface area contributed by atoms with Crippen molar-refractivity contribution in [1.29, 1.82) is 0 Å². The summed E-state index contributed by atoms with van der Waals surface area (Å²) in [6.07, 6.45) is 0.0467. The number of anilines is 1. The first-order chi connectivity index (χ1) is 15.8. The standard InChI is InChI=1S/C22H29N5O4S2/c1-6-26(7-2)10-16-24-20-19(13(4)14(5)33-20)21(30)27(16)11-17(28)25-22-23-15(12-32-22)9-18(29)31-8-3/h12H,6-11H2,1-5H3,(H,23,25,28). The van der Waals surface area contributed by atoms with Gasteiger partial charge in [-0.25, -0.2) is 9.97 Å². The number of nitrogens with zero attached hydrogens (tertiary/aromatic N) is 4. The van der Waals surface area contributed by atoms with Crippen molar-refractivity contribution in [2.75, 3.05) is 25.0 Å². The van der Waals surface area contributed by atoms with E-state index in [1.54, 1.807) is 12.3 Å². The zero-order chi connectivity index (χ0) is 24.1. The van der Waals surface area contributed by atoms with Crippen LogP contribution in [0.5, 0.6) is 0 Å². The SMILES string of the molecule is CCOC(=O)Cc1csc(NC(=O)Cn2c(CN(CC)CC)nc3sc(C)c(C)c3c2=O)n1. The fourth-order valence-electron chi connectivity index (χ4n) is 3.41. The molecule has 0 aliphatic heterocycles. The molecule has 178 valence electrons. The van der Waals surface area contributed by atoms with Crippen molar-refractivity contribution in [1.82, 2.24) is 19.4 Å². The molecule has 3 heterocycles. The van der Waals surface area contributed by atoms with Crippen LogP contribution in [0.25, 0.3) is 10.2 Å². The quantitative estimate of drug-likeness (QED) is 0.434. The third-order valence-corrected chi connectivity index (χ3v) is 7.27. The van der Waals surface area contributed by atoms with Crippen molar-refractivity contribution in [3.63, 3.8) is 0 Å². The van der Waals surface area contributed by atoms with E-state index in [4.69, 9.17) is 9.72 Å². The first-order valence-corrected chi connectivity index (χ1v) is 12.6. The lowest BCUT2D eigenvalue weighted by molar-refractivity contribution is -0.142. The average molecular weight is 492 g/mol. The number of ether oxygens (including phenoxy) is 1. The van der Waals surface area contributed by atoms with Crippen molar-refractivity contribution in [3.8, 4) is 0 Å². The Labute approximate surface area is 200 Å². The first kappa shape index (κ1) is 25.0. The van der Waals surface area contributed by atoms with Gasteiger partial charge in [0.05, 0.1) is 30.7 Å². The lowest BCUT2D eigenvalue weighted by Crippen LogP contribution is -2.34. The van der Waals surface area contributed by atoms with Crippen LogP contribution in [0.1, 0.15) is 42.7 Å². The summed E-state index contributed by atoms with van der Waals surface area (Å²) in [5, 5.41) is 5.38. The molecule has 0 atom stereocenters. The average Bonchev–Trinajstić information content (AvgIpc) is 3.32. The molecule has 0 saturated heterocycles. The van der Waals surface area contributed by atoms with E-state index in [9.17, 15) is 14.4 Å². The minimum absolute atomic E-state index is 0.0467. The summed E-state index contributed by atoms with van der Waals surface area (Å²) < 4.78 is 6.39. The van der Waals surface area contributed by atoms with Crippen LogP contribution < -0.4 is 10.9 Å². The van der Waals surface area contributed by atoms with Crippen LogP contribution in [0, 0.1) is 13.8 Å². The molecule has 9 nitrogen and oxygen atoms in total. The van der Waals surface area contributed by atoms with Crippen LogP contribution in [0.2, 0.25) is 0 Å². The molecule has 1 amide bonds. The highest BCUT2D eigenvalue weighted by Crippen LogP contribution is 2.26. The maximum absolute atomic E-state index is 13.4. The van der Waals surface area contributed by atoms with Crippen LogP contribution in [0.4, 0.5) is 5.13 Å². The molecule has 11 heteroatoms. The van der Waals surface area contributed by atoms with Gasteiger partial charge >= 0.3 is 5.97 Å². The molecule has 0 aliphatic rings. The molecule has 0 spiro atoms. The van der Waals surface area contributed by atoms with Gasteiger partial charge in [0.15, 0.2) is 5.13 Å². The van der Waals surface area contributed by atoms with Gasteiger partial charge < -0.3 is 10.1 Å². The van der Waals surface area contributed by atoms with Gasteiger partial charge in [0.2, 0.25) is 5.91 Å². The molecular formula is C22H29N5O4S2. The summed E-state index contributed by atoms with van der Waals surface area (Å²) >= 11 is 2.72. The van der Waals surface area contributed by atoms with E-state index in [0.29, 0.717) is 40.0 Å². The highest BCUT2D eigenvalue weighted by atomic mass is 32.1. The van der Waals surface area contributed by atoms with Crippen LogP contribution in [-0.2, 0) is 33.8 Å². The summed E-state index contributed by atoms with van der Waals surface area (Å²) in [6, 6.07) is 0. The number of hydrogen-bond acceptors (Lipinski definition) is 9. The molecule has 1 N–H and O–H groups in total. The highest BCUT2D eigenvalue weighted by Gasteiger charge is 2.20. The number of amides is 1. The van der Waals surface area contributed by atoms with E-state index in [2.05, 4.69) is 15.2 Å². The Hall–Kier alpha value is -2.63. The van der Waals surface area contributed by atoms with Gasteiger partial charge in [-0.05, 0) is 39.4 Å². The number of fused-ring (bicyclic) bond motifs is 1. The Kier molecular flexibility index (Phi) is 8.33. The van der Waals surface area contributed by atoms with Crippen LogP contribution >= 0.6 is 22.7 Å². The number of thiophene rings is 1. The largest absolute Gasteiger partial charge is 0.466 e. The second-order valence-electron chi connectivity index (χ2n) is 7.52. The number of aromatic nitrogens is 3. The van der Waals surface area contributed by atoms with Gasteiger partial charge in [-0.1, -0.05) is 13.8 Å². The Morgan fingerprint density at radius 3 is 2.58 bits per heavy atom. The van der Waals surface area contributed by atoms with Gasteiger partial charge in [-0.15, -0.1) is 22.7 Å². The Bertz CT molecular complexity index is 1210. The van der Waals surface area contributed by atoms with E-state index in [1.807, 2.05) is 27.7 Å². The summed E-state index contributed by atoms with van der Waals surface area (Å²) in [7, 11) is 0. The zero-order valence-electron chi connectivity index (χ0n) is 19.6. The molecule has 0 fully saturated rings. The van der Waals surface area contributed by atoms with Crippen LogP contribution in [0.15, 0.2) is 10.2 Å². The van der Waals surface area contributed by atoms with Crippen molar-refractivity contribution in [2.45, 2.75) is 54.1 Å². The minimum atomic E-state index is -0.374. The number of carbonyl (C=O) groups excluding carboxylic acids is 2. The van der Waals surface area contributed by atoms with Crippen LogP contribution in [-0.4, -0.2) is 51.0 Å². The van der Waals surface area contributed by atoms with E-state index >= 15 is 0 Å². The van der Waals surface area contributed by atoms with Gasteiger partial charge in [0.25, 0.3) is 5.56 Å². The fourth-order valence-corrected chi connectivity index (χ4v) is 5.17. The lowest BCUT2D eigenvalue weighted by atomic mass is 10.2. The predicted octanol–water partition coefficient (Wildman–Crippen LogP) is 3.12. The molecule has 0 aromatic carbocycles. The number of carbonyl (C=O) groups is 2. The number of aryl methyl sites for hydroxylation is 2. The maximum atomic E-state index is 13.4. The van der Waals surface area contributed by atoms with E-state index < -0.39 is 0 Å². The molecule has 0 saturated carbocycles. The number of hydrogen-bond donors (Lipinski definition) is 1. The van der Waals surface area contributed by atoms with Crippen molar-refractivity contribution in [3.05, 3.63) is 37.7 Å². The minimum Gasteiger partial charge on any atom is -0.466 e. The topological polar surface area (TPSA) is 106 Å². The van der Waals surface area contributed by atoms with E-state index in [1.165, 1.54) is 27.2 Å². The molecular weight excluding hydrogens is 462 g/mol. The zero-order valence-corrected chi connectivity index (χ0v) is 21.2. The number of nitrogens with one attached hydrogen (secondary N) is 1. The molecule has 33 heavy (non-hydrogen) atoms. The second kappa shape index (κ2) is 11.0. The molecule has 3 rings (SSSR count). The van der Waals surface area contributed by atoms with Crippen LogP contribution in [0.3, 0.4) is 0 Å². The van der Waals surface area contributed by atoms with Crippen molar-refractivity contribution in [2.24, 2.45) is 0 Å². The summed E-state index contributed by atoms with van der Waals surface area (Å²) in [5.41, 5.74) is 1.22. The number of thiazole rings is 1. The van der Waals surface area contributed by atoms with E-state index in [-0.39, 0.29) is 30.4 Å². The van der Waals surface area contributed by atoms with Crippen molar-refractivity contribution < 1.29 is 14.3 Å². The molecule has 0 aliphatic carbocycles. The summed E-state index contributed by atoms with van der Waals surface area (Å²) in [5.74, 6) is -0.176. The Morgan fingerprint density at radius 2 is 1.91 bits per heavy atom.